The summed E-state index contributed by atoms with van der Waals surface area (Å²) in [6.45, 7) is -1.07. The van der Waals surface area contributed by atoms with E-state index in [1.54, 1.807) is 0 Å². The van der Waals surface area contributed by atoms with Crippen LogP contribution in [0.4, 0.5) is 13.2 Å². The normalized spacial score (nSPS) is 16.6. The van der Waals surface area contributed by atoms with Gasteiger partial charge in [-0.15, -0.1) is 0 Å². The van der Waals surface area contributed by atoms with Crippen molar-refractivity contribution in [3.05, 3.63) is 17.5 Å². The number of Topliss-reactive ketones (excluding diaryl/α,β-unsaturated/α-hetero) is 1. The van der Waals surface area contributed by atoms with Crippen molar-refractivity contribution >= 4 is 5.78 Å². The maximum Gasteiger partial charge on any atom is 0.408 e. The number of halogens is 3. The zero-order chi connectivity index (χ0) is 11.1. The summed E-state index contributed by atoms with van der Waals surface area (Å²) in [6.07, 6.45) is -2.01. The van der Waals surface area contributed by atoms with Crippen molar-refractivity contribution in [1.82, 2.24) is 9.78 Å². The van der Waals surface area contributed by atoms with Crippen LogP contribution in [0.2, 0.25) is 0 Å². The lowest BCUT2D eigenvalue weighted by molar-refractivity contribution is -0.143. The highest BCUT2D eigenvalue weighted by Crippen LogP contribution is 2.23. The molecule has 0 fully saturated rings. The molecular weight excluding hydrogens is 209 g/mol. The Labute approximate surface area is 83.9 Å². The van der Waals surface area contributed by atoms with Crippen LogP contribution in [0.3, 0.4) is 0 Å². The van der Waals surface area contributed by atoms with E-state index in [2.05, 4.69) is 5.10 Å². The minimum Gasteiger partial charge on any atom is -0.299 e. The Morgan fingerprint density at radius 1 is 1.40 bits per heavy atom. The molecule has 0 saturated carbocycles. The fourth-order valence-electron chi connectivity index (χ4n) is 1.75. The van der Waals surface area contributed by atoms with E-state index in [0.29, 0.717) is 24.1 Å². The second kappa shape index (κ2) is 3.36. The first-order chi connectivity index (χ1) is 6.96. The Morgan fingerprint density at radius 3 is 2.80 bits per heavy atom. The van der Waals surface area contributed by atoms with Gasteiger partial charge in [0.05, 0.1) is 6.20 Å². The third-order valence-corrected chi connectivity index (χ3v) is 2.39. The summed E-state index contributed by atoms with van der Waals surface area (Å²) in [5.74, 6) is 0.0639. The van der Waals surface area contributed by atoms with Crippen molar-refractivity contribution in [2.75, 3.05) is 0 Å². The molecule has 0 radical (unpaired) electrons. The van der Waals surface area contributed by atoms with Crippen LogP contribution in [0.5, 0.6) is 0 Å². The molecule has 1 heterocycles. The fraction of sp³-hybridized carbons (Fsp3) is 0.556. The Bertz CT molecular complexity index is 395. The lowest BCUT2D eigenvalue weighted by atomic mass is 9.97. The quantitative estimate of drug-likeness (QED) is 0.716. The van der Waals surface area contributed by atoms with Crippen LogP contribution in [-0.2, 0) is 24.2 Å². The molecule has 0 amide bonds. The van der Waals surface area contributed by atoms with Gasteiger partial charge in [-0.3, -0.25) is 9.48 Å². The van der Waals surface area contributed by atoms with Gasteiger partial charge in [-0.05, 0) is 6.42 Å². The molecule has 0 aliphatic heterocycles. The molecule has 0 bridgehead atoms. The molecule has 0 aromatic carbocycles. The molecule has 0 atom stereocenters. The number of ketones is 1. The lowest BCUT2D eigenvalue weighted by Crippen LogP contribution is -2.22. The molecule has 0 unspecified atom stereocenters. The van der Waals surface area contributed by atoms with Gasteiger partial charge in [0.15, 0.2) is 0 Å². The van der Waals surface area contributed by atoms with Crippen LogP contribution in [0.1, 0.15) is 17.7 Å². The molecule has 1 aliphatic carbocycles. The number of carbonyl (C=O) groups is 1. The number of rotatable bonds is 1. The highest BCUT2D eigenvalue weighted by Gasteiger charge is 2.31. The zero-order valence-electron chi connectivity index (χ0n) is 7.84. The van der Waals surface area contributed by atoms with Gasteiger partial charge in [0.2, 0.25) is 0 Å². The number of nitrogens with zero attached hydrogens (tertiary/aromatic N) is 2. The SMILES string of the molecule is O=C1CCc2c(cnn2CC(F)(F)F)C1. The first-order valence-electron chi connectivity index (χ1n) is 4.58. The van der Waals surface area contributed by atoms with Gasteiger partial charge in [-0.2, -0.15) is 18.3 Å². The summed E-state index contributed by atoms with van der Waals surface area (Å²) in [5, 5.41) is 3.66. The molecular formula is C9H9F3N2O. The van der Waals surface area contributed by atoms with Gasteiger partial charge in [-0.25, -0.2) is 0 Å². The monoisotopic (exact) mass is 218 g/mol. The van der Waals surface area contributed by atoms with Crippen molar-refractivity contribution < 1.29 is 18.0 Å². The maximum atomic E-state index is 12.1. The number of hydrogen-bond acceptors (Lipinski definition) is 2. The molecule has 0 N–H and O–H groups in total. The van der Waals surface area contributed by atoms with Gasteiger partial charge < -0.3 is 0 Å². The number of alkyl halides is 3. The zero-order valence-corrected chi connectivity index (χ0v) is 7.84. The first-order valence-corrected chi connectivity index (χ1v) is 4.58. The molecule has 3 nitrogen and oxygen atoms in total. The van der Waals surface area contributed by atoms with E-state index in [-0.39, 0.29) is 12.2 Å². The molecule has 2 rings (SSSR count). The van der Waals surface area contributed by atoms with Crippen molar-refractivity contribution in [2.45, 2.75) is 32.0 Å². The van der Waals surface area contributed by atoms with Crippen molar-refractivity contribution in [3.63, 3.8) is 0 Å². The number of carbonyl (C=O) groups excluding carboxylic acids is 1. The molecule has 82 valence electrons. The van der Waals surface area contributed by atoms with Crippen LogP contribution < -0.4 is 0 Å². The standard InChI is InChI=1S/C9H9F3N2O/c10-9(11,12)5-14-8-2-1-7(15)3-6(8)4-13-14/h4H,1-3,5H2. The summed E-state index contributed by atoms with van der Waals surface area (Å²) in [7, 11) is 0. The Balaban J connectivity index is 2.25. The largest absolute Gasteiger partial charge is 0.408 e. The number of fused-ring (bicyclic) bond motifs is 1. The highest BCUT2D eigenvalue weighted by molar-refractivity contribution is 5.82. The Kier molecular flexibility index (Phi) is 2.28. The minimum atomic E-state index is -4.26. The van der Waals surface area contributed by atoms with Crippen LogP contribution >= 0.6 is 0 Å². The Morgan fingerprint density at radius 2 is 2.13 bits per heavy atom. The van der Waals surface area contributed by atoms with Crippen LogP contribution in [-0.4, -0.2) is 21.7 Å². The Hall–Kier alpha value is -1.33. The predicted molar refractivity (Wildman–Crippen MR) is 45.3 cm³/mol. The van der Waals surface area contributed by atoms with Gasteiger partial charge in [0.25, 0.3) is 0 Å². The first kappa shape index (κ1) is 10.2. The molecule has 1 aromatic heterocycles. The third kappa shape index (κ3) is 2.19. The van der Waals surface area contributed by atoms with Crippen LogP contribution in [0, 0.1) is 0 Å². The fourth-order valence-corrected chi connectivity index (χ4v) is 1.75. The average molecular weight is 218 g/mol. The van der Waals surface area contributed by atoms with Crippen LogP contribution in [0.25, 0.3) is 0 Å². The van der Waals surface area contributed by atoms with Gasteiger partial charge in [-0.1, -0.05) is 0 Å². The van der Waals surface area contributed by atoms with Crippen molar-refractivity contribution in [2.24, 2.45) is 0 Å². The van der Waals surface area contributed by atoms with Gasteiger partial charge >= 0.3 is 6.18 Å². The minimum absolute atomic E-state index is 0.0639. The van der Waals surface area contributed by atoms with E-state index >= 15 is 0 Å². The number of aromatic nitrogens is 2. The van der Waals surface area contributed by atoms with E-state index in [1.807, 2.05) is 0 Å². The van der Waals surface area contributed by atoms with E-state index in [1.165, 1.54) is 6.20 Å². The van der Waals surface area contributed by atoms with Gasteiger partial charge in [0.1, 0.15) is 12.3 Å². The summed E-state index contributed by atoms with van der Waals surface area (Å²) in [6, 6.07) is 0. The van der Waals surface area contributed by atoms with E-state index < -0.39 is 12.7 Å². The van der Waals surface area contributed by atoms with E-state index in [4.69, 9.17) is 0 Å². The van der Waals surface area contributed by atoms with Crippen LogP contribution in [0.15, 0.2) is 6.20 Å². The summed E-state index contributed by atoms with van der Waals surface area (Å²) < 4.78 is 37.4. The maximum absolute atomic E-state index is 12.1. The average Bonchev–Trinajstić information content (AvgIpc) is 2.45. The molecule has 0 saturated heterocycles. The summed E-state index contributed by atoms with van der Waals surface area (Å²) in [5.41, 5.74) is 1.18. The summed E-state index contributed by atoms with van der Waals surface area (Å²) >= 11 is 0. The molecule has 1 aliphatic rings. The topological polar surface area (TPSA) is 34.9 Å². The third-order valence-electron chi connectivity index (χ3n) is 2.39. The second-order valence-corrected chi connectivity index (χ2v) is 3.60. The molecule has 1 aromatic rings. The second-order valence-electron chi connectivity index (χ2n) is 3.60. The smallest absolute Gasteiger partial charge is 0.299 e. The summed E-state index contributed by atoms with van der Waals surface area (Å²) in [4.78, 5) is 11.1. The van der Waals surface area contributed by atoms with E-state index in [9.17, 15) is 18.0 Å². The predicted octanol–water partition coefficient (Wildman–Crippen LogP) is 1.50. The van der Waals surface area contributed by atoms with Gasteiger partial charge in [0, 0.05) is 24.1 Å². The van der Waals surface area contributed by atoms with Crippen molar-refractivity contribution in [1.29, 1.82) is 0 Å². The highest BCUT2D eigenvalue weighted by atomic mass is 19.4. The lowest BCUT2D eigenvalue weighted by Gasteiger charge is -2.14. The molecule has 6 heteroatoms. The number of hydrogen-bond donors (Lipinski definition) is 0. The van der Waals surface area contributed by atoms with Crippen molar-refractivity contribution in [3.8, 4) is 0 Å². The van der Waals surface area contributed by atoms with E-state index in [0.717, 1.165) is 4.68 Å². The molecule has 15 heavy (non-hydrogen) atoms. The molecule has 0 spiro atoms.